The van der Waals surface area contributed by atoms with Crippen LogP contribution in [0.5, 0.6) is 0 Å². The summed E-state index contributed by atoms with van der Waals surface area (Å²) in [5.41, 5.74) is -0.497. The van der Waals surface area contributed by atoms with E-state index in [0.29, 0.717) is 6.54 Å². The van der Waals surface area contributed by atoms with Crippen molar-refractivity contribution in [3.05, 3.63) is 0 Å². The Bertz CT molecular complexity index is 430. The van der Waals surface area contributed by atoms with Crippen LogP contribution in [0.15, 0.2) is 4.99 Å². The molecular weight excluding hydrogens is 473 g/mol. The Morgan fingerprint density at radius 2 is 1.89 bits per heavy atom. The molecule has 0 aliphatic rings. The molecule has 0 aromatic rings. The molecule has 0 aliphatic heterocycles. The fourth-order valence-corrected chi connectivity index (χ4v) is 2.31. The van der Waals surface area contributed by atoms with Gasteiger partial charge in [0.05, 0.1) is 6.61 Å². The van der Waals surface area contributed by atoms with Gasteiger partial charge in [0.25, 0.3) is 0 Å². The lowest BCUT2D eigenvalue weighted by atomic mass is 10.1. The van der Waals surface area contributed by atoms with Crippen LogP contribution >= 0.6 is 24.0 Å². The van der Waals surface area contributed by atoms with E-state index in [9.17, 15) is 4.79 Å². The van der Waals surface area contributed by atoms with Crippen LogP contribution in [0.1, 0.15) is 47.0 Å². The van der Waals surface area contributed by atoms with Crippen molar-refractivity contribution in [1.82, 2.24) is 20.9 Å². The van der Waals surface area contributed by atoms with E-state index in [1.54, 1.807) is 14.2 Å². The second kappa shape index (κ2) is 17.1. The molecule has 8 nitrogen and oxygen atoms in total. The molecule has 168 valence electrons. The molecule has 0 bridgehead atoms. The third-order valence-electron chi connectivity index (χ3n) is 3.83. The lowest BCUT2D eigenvalue weighted by Crippen LogP contribution is -2.50. The van der Waals surface area contributed by atoms with Gasteiger partial charge in [-0.3, -0.25) is 4.99 Å². The summed E-state index contributed by atoms with van der Waals surface area (Å²) in [6, 6.07) is 0.0925. The van der Waals surface area contributed by atoms with Gasteiger partial charge in [-0.25, -0.2) is 4.79 Å². The number of rotatable bonds is 12. The second-order valence-electron chi connectivity index (χ2n) is 7.66. The number of likely N-dealkylation sites (N-methyl/N-ethyl adjacent to an activating group) is 1. The molecule has 1 unspecified atom stereocenters. The van der Waals surface area contributed by atoms with Crippen molar-refractivity contribution >= 4 is 36.0 Å². The van der Waals surface area contributed by atoms with E-state index in [1.165, 1.54) is 0 Å². The monoisotopic (exact) mass is 515 g/mol. The number of amides is 1. The third kappa shape index (κ3) is 17.3. The molecule has 0 spiro atoms. The quantitative estimate of drug-likeness (QED) is 0.210. The Morgan fingerprint density at radius 1 is 1.21 bits per heavy atom. The van der Waals surface area contributed by atoms with Gasteiger partial charge in [-0.15, -0.1) is 24.0 Å². The summed E-state index contributed by atoms with van der Waals surface area (Å²) >= 11 is 0. The number of methoxy groups -OCH3 is 1. The van der Waals surface area contributed by atoms with Crippen LogP contribution in [0.4, 0.5) is 4.79 Å². The van der Waals surface area contributed by atoms with E-state index in [2.05, 4.69) is 39.8 Å². The number of hydrogen-bond acceptors (Lipinski definition) is 5. The molecule has 0 aromatic heterocycles. The van der Waals surface area contributed by atoms with Crippen molar-refractivity contribution in [2.24, 2.45) is 4.99 Å². The molecule has 9 heteroatoms. The van der Waals surface area contributed by atoms with Crippen molar-refractivity contribution in [2.75, 3.05) is 54.0 Å². The van der Waals surface area contributed by atoms with Gasteiger partial charge in [-0.2, -0.15) is 0 Å². The van der Waals surface area contributed by atoms with Crippen molar-refractivity contribution in [1.29, 1.82) is 0 Å². The highest BCUT2D eigenvalue weighted by molar-refractivity contribution is 14.0. The number of ether oxygens (including phenoxy) is 2. The Labute approximate surface area is 188 Å². The summed E-state index contributed by atoms with van der Waals surface area (Å²) in [5, 5.41) is 9.57. The normalized spacial score (nSPS) is 12.9. The average molecular weight is 515 g/mol. The summed E-state index contributed by atoms with van der Waals surface area (Å²) < 4.78 is 10.4. The van der Waals surface area contributed by atoms with Crippen LogP contribution in [0.25, 0.3) is 0 Å². The molecule has 0 saturated carbocycles. The Hall–Kier alpha value is -0.810. The van der Waals surface area contributed by atoms with Gasteiger partial charge < -0.3 is 30.3 Å². The highest BCUT2D eigenvalue weighted by Gasteiger charge is 2.18. The zero-order chi connectivity index (χ0) is 20.7. The lowest BCUT2D eigenvalue weighted by Gasteiger charge is -2.24. The predicted molar refractivity (Wildman–Crippen MR) is 127 cm³/mol. The largest absolute Gasteiger partial charge is 0.444 e. The fraction of sp³-hybridized carbons (Fsp3) is 0.895. The lowest BCUT2D eigenvalue weighted by molar-refractivity contribution is 0.0522. The molecule has 0 rings (SSSR count). The first kappa shape index (κ1) is 29.4. The van der Waals surface area contributed by atoms with Gasteiger partial charge in [-0.05, 0) is 34.2 Å². The highest BCUT2D eigenvalue weighted by atomic mass is 127. The summed E-state index contributed by atoms with van der Waals surface area (Å²) in [7, 11) is 5.52. The van der Waals surface area contributed by atoms with Crippen molar-refractivity contribution in [3.8, 4) is 0 Å². The molecule has 0 aromatic carbocycles. The number of carbonyl (C=O) groups excluding carboxylic acids is 1. The standard InChI is InChI=1S/C19H41N5O3.HI/c1-8-9-10-16(15-22-18(25)27-19(2,3)4)23-17(20-5)21-11-12-24(6)13-14-26-7;/h16H,8-15H2,1-7H3,(H,22,25)(H2,20,21,23);1H. The van der Waals surface area contributed by atoms with Gasteiger partial charge in [0.1, 0.15) is 5.60 Å². The first-order valence-electron chi connectivity index (χ1n) is 9.83. The topological polar surface area (TPSA) is 87.2 Å². The summed E-state index contributed by atoms with van der Waals surface area (Å²) in [5.74, 6) is 0.738. The molecule has 28 heavy (non-hydrogen) atoms. The van der Waals surface area contributed by atoms with E-state index < -0.39 is 11.7 Å². The summed E-state index contributed by atoms with van der Waals surface area (Å²) in [6.07, 6.45) is 2.72. The third-order valence-corrected chi connectivity index (χ3v) is 3.83. The fourth-order valence-electron chi connectivity index (χ4n) is 2.31. The van der Waals surface area contributed by atoms with Gasteiger partial charge in [0.2, 0.25) is 0 Å². The molecule has 0 aliphatic carbocycles. The van der Waals surface area contributed by atoms with Gasteiger partial charge in [0.15, 0.2) is 5.96 Å². The number of unbranched alkanes of at least 4 members (excludes halogenated alkanes) is 1. The molecule has 0 heterocycles. The van der Waals surface area contributed by atoms with Crippen LogP contribution in [0.2, 0.25) is 0 Å². The Morgan fingerprint density at radius 3 is 2.43 bits per heavy atom. The van der Waals surface area contributed by atoms with E-state index in [4.69, 9.17) is 9.47 Å². The minimum atomic E-state index is -0.497. The van der Waals surface area contributed by atoms with Crippen LogP contribution < -0.4 is 16.0 Å². The molecule has 1 amide bonds. The van der Waals surface area contributed by atoms with E-state index in [-0.39, 0.29) is 30.0 Å². The zero-order valence-electron chi connectivity index (χ0n) is 18.8. The maximum atomic E-state index is 11.9. The number of carbonyl (C=O) groups is 1. The van der Waals surface area contributed by atoms with Gasteiger partial charge in [0, 0.05) is 46.4 Å². The number of halogens is 1. The maximum Gasteiger partial charge on any atom is 0.407 e. The smallest absolute Gasteiger partial charge is 0.407 e. The Balaban J connectivity index is 0. The summed E-state index contributed by atoms with van der Waals surface area (Å²) in [6.45, 7) is 11.5. The SMILES string of the molecule is CCCCC(CNC(=O)OC(C)(C)C)NC(=NC)NCCN(C)CCOC.I. The zero-order valence-corrected chi connectivity index (χ0v) is 21.1. The minimum Gasteiger partial charge on any atom is -0.444 e. The van der Waals surface area contributed by atoms with Crippen LogP contribution in [-0.2, 0) is 9.47 Å². The van der Waals surface area contributed by atoms with Crippen LogP contribution in [-0.4, -0.2) is 82.6 Å². The molecule has 3 N–H and O–H groups in total. The van der Waals surface area contributed by atoms with E-state index >= 15 is 0 Å². The summed E-state index contributed by atoms with van der Waals surface area (Å²) in [4.78, 5) is 18.4. The second-order valence-corrected chi connectivity index (χ2v) is 7.66. The Kier molecular flexibility index (Phi) is 17.9. The average Bonchev–Trinajstić information content (AvgIpc) is 2.59. The maximum absolute atomic E-state index is 11.9. The van der Waals surface area contributed by atoms with Gasteiger partial charge in [-0.1, -0.05) is 19.8 Å². The molecule has 1 atom stereocenters. The minimum absolute atomic E-state index is 0. The number of guanidine groups is 1. The first-order valence-corrected chi connectivity index (χ1v) is 9.83. The first-order chi connectivity index (χ1) is 12.7. The predicted octanol–water partition coefficient (Wildman–Crippen LogP) is 2.43. The highest BCUT2D eigenvalue weighted by Crippen LogP contribution is 2.07. The molecular formula is C19H42IN5O3. The van der Waals surface area contributed by atoms with Crippen LogP contribution in [0, 0.1) is 0 Å². The van der Waals surface area contributed by atoms with E-state index in [1.807, 2.05) is 20.8 Å². The number of hydrogen-bond donors (Lipinski definition) is 3. The van der Waals surface area contributed by atoms with Crippen molar-refractivity contribution in [2.45, 2.75) is 58.6 Å². The molecule has 0 fully saturated rings. The number of nitrogens with zero attached hydrogens (tertiary/aromatic N) is 2. The number of alkyl carbamates (subject to hydrolysis) is 1. The number of aliphatic imine (C=N–C) groups is 1. The number of nitrogens with one attached hydrogen (secondary N) is 3. The van der Waals surface area contributed by atoms with Gasteiger partial charge >= 0.3 is 6.09 Å². The van der Waals surface area contributed by atoms with E-state index in [0.717, 1.165) is 51.5 Å². The molecule has 0 saturated heterocycles. The van der Waals surface area contributed by atoms with Crippen LogP contribution in [0.3, 0.4) is 0 Å². The van der Waals surface area contributed by atoms with Crippen molar-refractivity contribution in [3.63, 3.8) is 0 Å². The molecule has 0 radical (unpaired) electrons. The van der Waals surface area contributed by atoms with Crippen molar-refractivity contribution < 1.29 is 14.3 Å².